The molecule has 0 aromatic carbocycles. The van der Waals surface area contributed by atoms with Crippen LogP contribution in [0.25, 0.3) is 0 Å². The van der Waals surface area contributed by atoms with E-state index in [1.165, 1.54) is 0 Å². The van der Waals surface area contributed by atoms with Gasteiger partial charge in [-0.1, -0.05) is 12.2 Å². The van der Waals surface area contributed by atoms with E-state index in [1.807, 2.05) is 20.9 Å². The maximum Gasteiger partial charge on any atom is 0.227 e. The molecule has 0 aliphatic carbocycles. The van der Waals surface area contributed by atoms with Crippen molar-refractivity contribution in [3.63, 3.8) is 0 Å². The van der Waals surface area contributed by atoms with E-state index in [4.69, 9.17) is 5.73 Å². The molecule has 6 heteroatoms. The fraction of sp³-hybridized carbons (Fsp3) is 0.500. The lowest BCUT2D eigenvalue weighted by molar-refractivity contribution is -0.120. The zero-order chi connectivity index (χ0) is 12.3. The van der Waals surface area contributed by atoms with Gasteiger partial charge in [-0.2, -0.15) is 5.10 Å². The lowest BCUT2D eigenvalue weighted by Crippen LogP contribution is -2.27. The predicted molar refractivity (Wildman–Crippen MR) is 65.9 cm³/mol. The molecule has 5 nitrogen and oxygen atoms in total. The van der Waals surface area contributed by atoms with E-state index in [0.717, 1.165) is 17.0 Å². The van der Waals surface area contributed by atoms with E-state index in [-0.39, 0.29) is 17.3 Å². The van der Waals surface area contributed by atoms with Crippen LogP contribution in [0.5, 0.6) is 0 Å². The molecule has 0 bridgehead atoms. The van der Waals surface area contributed by atoms with Crippen molar-refractivity contribution in [2.24, 2.45) is 12.8 Å². The summed E-state index contributed by atoms with van der Waals surface area (Å²) in [5.41, 5.74) is 8.30. The van der Waals surface area contributed by atoms with Crippen LogP contribution in [0.3, 0.4) is 0 Å². The SMILES string of the molecule is Cc1nn(C)c(C)c1CNC(=O)CC(N)=S. The molecule has 3 N–H and O–H groups in total. The molecule has 16 heavy (non-hydrogen) atoms. The smallest absolute Gasteiger partial charge is 0.227 e. The monoisotopic (exact) mass is 240 g/mol. The third kappa shape index (κ3) is 3.03. The normalized spacial score (nSPS) is 10.2. The minimum Gasteiger partial charge on any atom is -0.393 e. The van der Waals surface area contributed by atoms with Crippen LogP contribution in [-0.4, -0.2) is 20.7 Å². The highest BCUT2D eigenvalue weighted by molar-refractivity contribution is 7.80. The van der Waals surface area contributed by atoms with Gasteiger partial charge >= 0.3 is 0 Å². The van der Waals surface area contributed by atoms with Crippen LogP contribution >= 0.6 is 12.2 Å². The second-order valence-corrected chi connectivity index (χ2v) is 4.22. The van der Waals surface area contributed by atoms with Crippen molar-refractivity contribution in [1.29, 1.82) is 0 Å². The van der Waals surface area contributed by atoms with Gasteiger partial charge in [0.15, 0.2) is 0 Å². The first-order chi connectivity index (χ1) is 7.41. The van der Waals surface area contributed by atoms with Crippen LogP contribution in [0.2, 0.25) is 0 Å². The maximum atomic E-state index is 11.4. The van der Waals surface area contributed by atoms with Crippen molar-refractivity contribution in [3.05, 3.63) is 17.0 Å². The first-order valence-electron chi connectivity index (χ1n) is 4.96. The fourth-order valence-corrected chi connectivity index (χ4v) is 1.61. The molecule has 1 rings (SSSR count). The predicted octanol–water partition coefficient (Wildman–Crippen LogP) is 0.329. The van der Waals surface area contributed by atoms with Gasteiger partial charge in [-0.3, -0.25) is 9.48 Å². The van der Waals surface area contributed by atoms with Crippen LogP contribution in [-0.2, 0) is 18.4 Å². The number of hydrogen-bond acceptors (Lipinski definition) is 3. The van der Waals surface area contributed by atoms with Gasteiger partial charge in [-0.25, -0.2) is 0 Å². The summed E-state index contributed by atoms with van der Waals surface area (Å²) in [6.07, 6.45) is 0.0910. The lowest BCUT2D eigenvalue weighted by atomic mass is 10.2. The molecule has 0 spiro atoms. The van der Waals surface area contributed by atoms with Crippen molar-refractivity contribution in [3.8, 4) is 0 Å². The van der Waals surface area contributed by atoms with E-state index in [1.54, 1.807) is 4.68 Å². The minimum atomic E-state index is -0.157. The number of thiocarbonyl (C=S) groups is 1. The van der Waals surface area contributed by atoms with E-state index in [0.29, 0.717) is 6.54 Å². The largest absolute Gasteiger partial charge is 0.393 e. The molecule has 1 aromatic rings. The van der Waals surface area contributed by atoms with Crippen molar-refractivity contribution in [2.75, 3.05) is 0 Å². The summed E-state index contributed by atoms with van der Waals surface area (Å²) in [5.74, 6) is -0.157. The average Bonchev–Trinajstić information content (AvgIpc) is 2.38. The van der Waals surface area contributed by atoms with Gasteiger partial charge in [-0.05, 0) is 13.8 Å². The van der Waals surface area contributed by atoms with Gasteiger partial charge in [0.1, 0.15) is 0 Å². The molecular weight excluding hydrogens is 224 g/mol. The molecule has 1 heterocycles. The molecule has 0 radical (unpaired) electrons. The van der Waals surface area contributed by atoms with Gasteiger partial charge in [0.2, 0.25) is 5.91 Å². The van der Waals surface area contributed by atoms with E-state index < -0.39 is 0 Å². The second kappa shape index (κ2) is 5.07. The van der Waals surface area contributed by atoms with E-state index in [2.05, 4.69) is 22.6 Å². The molecule has 0 atom stereocenters. The van der Waals surface area contributed by atoms with Crippen molar-refractivity contribution < 1.29 is 4.79 Å². The number of nitrogens with one attached hydrogen (secondary N) is 1. The number of aromatic nitrogens is 2. The van der Waals surface area contributed by atoms with Crippen molar-refractivity contribution in [2.45, 2.75) is 26.8 Å². The lowest BCUT2D eigenvalue weighted by Gasteiger charge is -2.05. The number of nitrogens with two attached hydrogens (primary N) is 1. The van der Waals surface area contributed by atoms with Gasteiger partial charge in [0.25, 0.3) is 0 Å². The van der Waals surface area contributed by atoms with Gasteiger partial charge in [0.05, 0.1) is 17.1 Å². The first kappa shape index (κ1) is 12.6. The Labute approximate surface area is 100 Å². The highest BCUT2D eigenvalue weighted by Crippen LogP contribution is 2.11. The Bertz CT molecular complexity index is 425. The van der Waals surface area contributed by atoms with Crippen molar-refractivity contribution in [1.82, 2.24) is 15.1 Å². The molecule has 0 aliphatic heterocycles. The second-order valence-electron chi connectivity index (χ2n) is 3.69. The molecular formula is C10H16N4OS. The number of carbonyl (C=O) groups is 1. The third-order valence-electron chi connectivity index (χ3n) is 2.46. The van der Waals surface area contributed by atoms with Crippen LogP contribution in [0.1, 0.15) is 23.4 Å². The fourth-order valence-electron chi connectivity index (χ4n) is 1.48. The zero-order valence-electron chi connectivity index (χ0n) is 9.70. The van der Waals surface area contributed by atoms with E-state index in [9.17, 15) is 4.79 Å². The average molecular weight is 240 g/mol. The summed E-state index contributed by atoms with van der Waals surface area (Å²) < 4.78 is 1.80. The zero-order valence-corrected chi connectivity index (χ0v) is 10.5. The summed E-state index contributed by atoms with van der Waals surface area (Å²) >= 11 is 4.66. The first-order valence-corrected chi connectivity index (χ1v) is 5.36. The molecule has 0 aliphatic rings. The number of carbonyl (C=O) groups excluding carboxylic acids is 1. The summed E-state index contributed by atoms with van der Waals surface area (Å²) in [6.45, 7) is 4.35. The van der Waals surface area contributed by atoms with Gasteiger partial charge in [0, 0.05) is 24.8 Å². The topological polar surface area (TPSA) is 72.9 Å². The Balaban J connectivity index is 2.61. The molecule has 1 amide bonds. The molecule has 88 valence electrons. The number of hydrogen-bond donors (Lipinski definition) is 2. The summed E-state index contributed by atoms with van der Waals surface area (Å²) in [6, 6.07) is 0. The third-order valence-corrected chi connectivity index (χ3v) is 2.60. The number of nitrogens with zero attached hydrogens (tertiary/aromatic N) is 2. The standard InChI is InChI=1S/C10H16N4OS/c1-6-8(7(2)14(3)13-6)5-12-10(15)4-9(11)16/h4-5H2,1-3H3,(H2,11,16)(H,12,15). The van der Waals surface area contributed by atoms with Gasteiger partial charge in [-0.15, -0.1) is 0 Å². The number of rotatable bonds is 4. The minimum absolute atomic E-state index is 0.0910. The number of amides is 1. The molecule has 0 saturated carbocycles. The summed E-state index contributed by atoms with van der Waals surface area (Å²) in [5, 5.41) is 7.03. The molecule has 0 saturated heterocycles. The van der Waals surface area contributed by atoms with Crippen LogP contribution in [0, 0.1) is 13.8 Å². The Morgan fingerprint density at radius 2 is 2.19 bits per heavy atom. The maximum absolute atomic E-state index is 11.4. The quantitative estimate of drug-likeness (QED) is 0.744. The van der Waals surface area contributed by atoms with Crippen molar-refractivity contribution >= 4 is 23.1 Å². The number of aryl methyl sites for hydroxylation is 2. The highest BCUT2D eigenvalue weighted by Gasteiger charge is 2.10. The van der Waals surface area contributed by atoms with E-state index >= 15 is 0 Å². The highest BCUT2D eigenvalue weighted by atomic mass is 32.1. The molecule has 1 aromatic heterocycles. The van der Waals surface area contributed by atoms with Crippen LogP contribution in [0.15, 0.2) is 0 Å². The molecule has 0 unspecified atom stereocenters. The Hall–Kier alpha value is -1.43. The van der Waals surface area contributed by atoms with Gasteiger partial charge < -0.3 is 11.1 Å². The molecule has 0 fully saturated rings. The Kier molecular flexibility index (Phi) is 4.00. The van der Waals surface area contributed by atoms with Crippen LogP contribution in [0.4, 0.5) is 0 Å². The summed E-state index contributed by atoms with van der Waals surface area (Å²) in [7, 11) is 1.88. The summed E-state index contributed by atoms with van der Waals surface area (Å²) in [4.78, 5) is 11.6. The van der Waals surface area contributed by atoms with Crippen LogP contribution < -0.4 is 11.1 Å². The Morgan fingerprint density at radius 3 is 2.62 bits per heavy atom. The Morgan fingerprint density at radius 1 is 1.56 bits per heavy atom.